The minimum atomic E-state index is -1.11. The Labute approximate surface area is 186 Å². The van der Waals surface area contributed by atoms with Crippen LogP contribution in [0, 0.1) is 6.92 Å². The number of nitrogens with zero attached hydrogens (tertiary/aromatic N) is 7. The van der Waals surface area contributed by atoms with Crippen LogP contribution >= 0.6 is 11.5 Å². The van der Waals surface area contributed by atoms with Crippen molar-refractivity contribution < 1.29 is 9.90 Å². The molecule has 11 heteroatoms. The summed E-state index contributed by atoms with van der Waals surface area (Å²) in [7, 11) is 0. The fourth-order valence-corrected chi connectivity index (χ4v) is 4.39. The Hall–Kier alpha value is -3.44. The zero-order valence-electron chi connectivity index (χ0n) is 17.4. The van der Waals surface area contributed by atoms with E-state index >= 15 is 0 Å². The lowest BCUT2D eigenvalue weighted by molar-refractivity contribution is -0.0300. The Kier molecular flexibility index (Phi) is 5.06. The Bertz CT molecular complexity index is 1320. The Morgan fingerprint density at radius 2 is 1.97 bits per heavy atom. The van der Waals surface area contributed by atoms with Crippen LogP contribution in [0.1, 0.15) is 28.9 Å². The number of hydrogen-bond donors (Lipinski definition) is 1. The second-order valence-electron chi connectivity index (χ2n) is 8.11. The summed E-state index contributed by atoms with van der Waals surface area (Å²) in [5, 5.41) is 21.2. The summed E-state index contributed by atoms with van der Waals surface area (Å²) >= 11 is 1.13. The van der Waals surface area contributed by atoms with Gasteiger partial charge in [-0.2, -0.15) is 5.10 Å². The normalized spacial score (nSPS) is 15.9. The maximum atomic E-state index is 13.1. The van der Waals surface area contributed by atoms with Crippen molar-refractivity contribution in [1.82, 2.24) is 33.8 Å². The van der Waals surface area contributed by atoms with Gasteiger partial charge >= 0.3 is 0 Å². The first-order valence-electron chi connectivity index (χ1n) is 10.2. The number of hydrogen-bond acceptors (Lipinski definition) is 8. The van der Waals surface area contributed by atoms with Crippen LogP contribution < -0.4 is 5.56 Å². The minimum absolute atomic E-state index is 0.102. The summed E-state index contributed by atoms with van der Waals surface area (Å²) < 4.78 is 6.78. The summed E-state index contributed by atoms with van der Waals surface area (Å²) in [5.41, 5.74) is 1.37. The third-order valence-electron chi connectivity index (χ3n) is 5.86. The van der Waals surface area contributed by atoms with Gasteiger partial charge in [0.2, 0.25) is 0 Å². The molecule has 0 atom stereocenters. The smallest absolute Gasteiger partial charge is 0.275 e. The highest BCUT2D eigenvalue weighted by Gasteiger charge is 2.35. The van der Waals surface area contributed by atoms with Gasteiger partial charge in [0.15, 0.2) is 11.3 Å². The second-order valence-corrected chi connectivity index (χ2v) is 8.72. The van der Waals surface area contributed by atoms with Gasteiger partial charge in [-0.05, 0) is 43.4 Å². The lowest BCUT2D eigenvalue weighted by Gasteiger charge is -2.38. The highest BCUT2D eigenvalue weighted by molar-refractivity contribution is 7.03. The van der Waals surface area contributed by atoms with Crippen LogP contribution in [-0.4, -0.2) is 63.5 Å². The molecule has 5 rings (SSSR count). The molecule has 0 bridgehead atoms. The number of rotatable bonds is 4. The van der Waals surface area contributed by atoms with Gasteiger partial charge in [0.1, 0.15) is 11.7 Å². The molecule has 32 heavy (non-hydrogen) atoms. The lowest BCUT2D eigenvalue weighted by Crippen LogP contribution is -2.49. The van der Waals surface area contributed by atoms with Gasteiger partial charge in [0, 0.05) is 18.5 Å². The van der Waals surface area contributed by atoms with Crippen LogP contribution in [0.15, 0.2) is 47.0 Å². The van der Waals surface area contributed by atoms with Crippen LogP contribution in [0.3, 0.4) is 0 Å². The Morgan fingerprint density at radius 1 is 1.22 bits per heavy atom. The molecule has 1 N–H and O–H groups in total. The second kappa shape index (κ2) is 7.92. The van der Waals surface area contributed by atoms with E-state index in [9.17, 15) is 14.7 Å². The molecule has 1 aromatic carbocycles. The molecule has 1 aliphatic heterocycles. The van der Waals surface area contributed by atoms with Gasteiger partial charge in [-0.25, -0.2) is 9.67 Å². The van der Waals surface area contributed by atoms with Crippen molar-refractivity contribution in [3.8, 4) is 5.69 Å². The summed E-state index contributed by atoms with van der Waals surface area (Å²) in [6, 6.07) is 7.80. The van der Waals surface area contributed by atoms with Crippen molar-refractivity contribution >= 4 is 28.5 Å². The van der Waals surface area contributed by atoms with E-state index in [1.165, 1.54) is 17.1 Å². The monoisotopic (exact) mass is 451 g/mol. The number of benzene rings is 1. The molecule has 4 aromatic rings. The van der Waals surface area contributed by atoms with E-state index in [0.29, 0.717) is 42.7 Å². The number of amides is 1. The van der Waals surface area contributed by atoms with Crippen LogP contribution in [-0.2, 0) is 6.54 Å². The Morgan fingerprint density at radius 3 is 2.66 bits per heavy atom. The molecular weight excluding hydrogens is 430 g/mol. The lowest BCUT2D eigenvalue weighted by atomic mass is 9.91. The van der Waals surface area contributed by atoms with Gasteiger partial charge in [-0.1, -0.05) is 22.2 Å². The molecule has 3 aromatic heterocycles. The van der Waals surface area contributed by atoms with E-state index in [4.69, 9.17) is 0 Å². The van der Waals surface area contributed by atoms with Gasteiger partial charge in [0.25, 0.3) is 11.5 Å². The first kappa shape index (κ1) is 20.5. The fourth-order valence-electron chi connectivity index (χ4n) is 3.96. The highest BCUT2D eigenvalue weighted by atomic mass is 32.1. The van der Waals surface area contributed by atoms with Crippen LogP contribution in [0.4, 0.5) is 0 Å². The van der Waals surface area contributed by atoms with Crippen LogP contribution in [0.2, 0.25) is 0 Å². The van der Waals surface area contributed by atoms with E-state index in [1.54, 1.807) is 15.0 Å². The molecule has 0 radical (unpaired) electrons. The molecule has 1 aliphatic rings. The largest absolute Gasteiger partial charge is 0.388 e. The number of aliphatic hydroxyl groups is 1. The third-order valence-corrected chi connectivity index (χ3v) is 6.36. The summed E-state index contributed by atoms with van der Waals surface area (Å²) in [6.07, 6.45) is 3.66. The quantitative estimate of drug-likeness (QED) is 0.498. The Balaban J connectivity index is 1.34. The molecule has 4 heterocycles. The molecule has 0 spiro atoms. The first-order valence-corrected chi connectivity index (χ1v) is 11.1. The molecule has 1 amide bonds. The average molecular weight is 452 g/mol. The summed E-state index contributed by atoms with van der Waals surface area (Å²) in [6.45, 7) is 2.86. The van der Waals surface area contributed by atoms with Gasteiger partial charge in [-0.15, -0.1) is 5.10 Å². The number of carbonyl (C=O) groups excluding carboxylic acids is 1. The number of fused-ring (bicyclic) bond motifs is 1. The first-order chi connectivity index (χ1) is 15.4. The maximum absolute atomic E-state index is 13.1. The SMILES string of the molecule is Cc1ccc(-n2ncc3c(=O)n(CC4(O)CCN(C(=O)c5csnn5)CC4)cnc32)cc1. The van der Waals surface area contributed by atoms with Crippen molar-refractivity contribution in [2.24, 2.45) is 0 Å². The number of piperidine rings is 1. The predicted molar refractivity (Wildman–Crippen MR) is 118 cm³/mol. The zero-order chi connectivity index (χ0) is 22.3. The summed E-state index contributed by atoms with van der Waals surface area (Å²) in [4.78, 5) is 31.6. The summed E-state index contributed by atoms with van der Waals surface area (Å²) in [5.74, 6) is -0.190. The number of likely N-dealkylation sites (tertiary alicyclic amines) is 1. The van der Waals surface area contributed by atoms with Gasteiger partial charge < -0.3 is 10.0 Å². The minimum Gasteiger partial charge on any atom is -0.388 e. The number of aryl methyl sites for hydroxylation is 1. The van der Waals surface area contributed by atoms with Crippen LogP contribution in [0.25, 0.3) is 16.7 Å². The molecule has 1 saturated heterocycles. The maximum Gasteiger partial charge on any atom is 0.275 e. The van der Waals surface area contributed by atoms with E-state index in [-0.39, 0.29) is 18.0 Å². The topological polar surface area (TPSA) is 119 Å². The van der Waals surface area contributed by atoms with Crippen LogP contribution in [0.5, 0.6) is 0 Å². The van der Waals surface area contributed by atoms with E-state index in [0.717, 1.165) is 22.8 Å². The number of carbonyl (C=O) groups is 1. The van der Waals surface area contributed by atoms with Gasteiger partial charge in [-0.3, -0.25) is 14.2 Å². The van der Waals surface area contributed by atoms with Crippen molar-refractivity contribution in [1.29, 1.82) is 0 Å². The van der Waals surface area contributed by atoms with Gasteiger partial charge in [0.05, 0.1) is 24.0 Å². The number of aromatic nitrogens is 6. The molecule has 1 fully saturated rings. The van der Waals surface area contributed by atoms with Crippen molar-refractivity contribution in [2.75, 3.05) is 13.1 Å². The van der Waals surface area contributed by atoms with Crippen molar-refractivity contribution in [3.63, 3.8) is 0 Å². The van der Waals surface area contributed by atoms with Crippen molar-refractivity contribution in [3.05, 3.63) is 63.8 Å². The van der Waals surface area contributed by atoms with E-state index in [2.05, 4.69) is 19.7 Å². The highest BCUT2D eigenvalue weighted by Crippen LogP contribution is 2.25. The fraction of sp³-hybridized carbons (Fsp3) is 0.333. The molecule has 0 unspecified atom stereocenters. The molecule has 164 valence electrons. The predicted octanol–water partition coefficient (Wildman–Crippen LogP) is 1.41. The molecule has 10 nitrogen and oxygen atoms in total. The third kappa shape index (κ3) is 3.69. The zero-order valence-corrected chi connectivity index (χ0v) is 18.2. The molecule has 0 aliphatic carbocycles. The standard InChI is InChI=1S/C21H21N7O3S/c1-14-2-4-15(5-3-14)28-18-16(10-23-28)19(29)27(13-22-18)12-21(31)6-8-26(9-7-21)20(30)17-11-32-25-24-17/h2-5,10-11,13,31H,6-9,12H2,1H3. The van der Waals surface area contributed by atoms with Crippen molar-refractivity contribution in [2.45, 2.75) is 31.9 Å². The van der Waals surface area contributed by atoms with E-state index < -0.39 is 5.60 Å². The molecule has 0 saturated carbocycles. The van der Waals surface area contributed by atoms with E-state index in [1.807, 2.05) is 31.2 Å². The molecular formula is C21H21N7O3S. The average Bonchev–Trinajstić information content (AvgIpc) is 3.47.